The highest BCUT2D eigenvalue weighted by Crippen LogP contribution is 2.34. The lowest BCUT2D eigenvalue weighted by Crippen LogP contribution is -2.19. The van der Waals surface area contributed by atoms with Crippen LogP contribution >= 0.6 is 11.6 Å². The van der Waals surface area contributed by atoms with Crippen LogP contribution in [0.3, 0.4) is 0 Å². The van der Waals surface area contributed by atoms with E-state index in [9.17, 15) is 0 Å². The molecule has 84 valence electrons. The number of aliphatic hydroxyl groups excluding tert-OH is 1. The van der Waals surface area contributed by atoms with E-state index in [-0.39, 0.29) is 12.0 Å². The molecule has 0 heterocycles. The topological polar surface area (TPSA) is 20.2 Å². The van der Waals surface area contributed by atoms with Crippen LogP contribution in [-0.4, -0.2) is 11.7 Å². The molecule has 0 amide bonds. The third-order valence-corrected chi connectivity index (χ3v) is 3.36. The van der Waals surface area contributed by atoms with Gasteiger partial charge in [-0.25, -0.2) is 0 Å². The Morgan fingerprint density at radius 3 is 2.27 bits per heavy atom. The number of hydrogen-bond acceptors (Lipinski definition) is 1. The smallest absolute Gasteiger partial charge is 0.0446 e. The third-order valence-electron chi connectivity index (χ3n) is 3.05. The summed E-state index contributed by atoms with van der Waals surface area (Å²) in [5.74, 6) is 0. The van der Waals surface area contributed by atoms with Crippen LogP contribution in [0.15, 0.2) is 12.1 Å². The molecule has 1 nitrogen and oxygen atoms in total. The van der Waals surface area contributed by atoms with Crippen molar-refractivity contribution in [1.29, 1.82) is 0 Å². The van der Waals surface area contributed by atoms with Gasteiger partial charge in [0, 0.05) is 11.6 Å². The Morgan fingerprint density at radius 1 is 1.20 bits per heavy atom. The number of aryl methyl sites for hydroxylation is 2. The maximum Gasteiger partial charge on any atom is 0.0446 e. The van der Waals surface area contributed by atoms with Crippen molar-refractivity contribution in [2.24, 2.45) is 0 Å². The normalized spacial score (nSPS) is 11.9. The molecular weight excluding hydrogens is 208 g/mol. The van der Waals surface area contributed by atoms with Gasteiger partial charge in [-0.05, 0) is 48.4 Å². The minimum Gasteiger partial charge on any atom is -0.396 e. The molecule has 15 heavy (non-hydrogen) atoms. The number of halogens is 1. The Labute approximate surface area is 97.1 Å². The van der Waals surface area contributed by atoms with E-state index in [4.69, 9.17) is 16.7 Å². The number of rotatable bonds is 3. The van der Waals surface area contributed by atoms with Crippen molar-refractivity contribution in [2.45, 2.75) is 39.5 Å². The first kappa shape index (κ1) is 12.5. The molecule has 0 unspecified atom stereocenters. The predicted octanol–water partition coefficient (Wildman–Crippen LogP) is 3.62. The highest BCUT2D eigenvalue weighted by atomic mass is 35.5. The minimum absolute atomic E-state index is 0.0652. The van der Waals surface area contributed by atoms with Crippen molar-refractivity contribution in [3.05, 3.63) is 33.8 Å². The van der Waals surface area contributed by atoms with Crippen molar-refractivity contribution in [3.63, 3.8) is 0 Å². The van der Waals surface area contributed by atoms with Crippen LogP contribution in [0.5, 0.6) is 0 Å². The second kappa shape index (κ2) is 4.54. The van der Waals surface area contributed by atoms with Crippen molar-refractivity contribution >= 4 is 11.6 Å². The molecule has 1 N–H and O–H groups in total. The minimum atomic E-state index is -0.0652. The summed E-state index contributed by atoms with van der Waals surface area (Å²) >= 11 is 6.24. The lowest BCUT2D eigenvalue weighted by Gasteiger charge is -2.26. The second-order valence-corrected chi connectivity index (χ2v) is 5.18. The Morgan fingerprint density at radius 2 is 1.73 bits per heavy atom. The highest BCUT2D eigenvalue weighted by Gasteiger charge is 2.23. The van der Waals surface area contributed by atoms with Crippen LogP contribution in [0.4, 0.5) is 0 Å². The average Bonchev–Trinajstić information content (AvgIpc) is 2.11. The first-order chi connectivity index (χ1) is 6.88. The van der Waals surface area contributed by atoms with Crippen LogP contribution in [0.1, 0.15) is 37.0 Å². The fraction of sp³-hybridized carbons (Fsp3) is 0.538. The molecule has 0 saturated carbocycles. The van der Waals surface area contributed by atoms with Crippen molar-refractivity contribution < 1.29 is 5.11 Å². The van der Waals surface area contributed by atoms with Gasteiger partial charge in [0.25, 0.3) is 0 Å². The zero-order valence-electron chi connectivity index (χ0n) is 9.89. The van der Waals surface area contributed by atoms with E-state index in [0.29, 0.717) is 0 Å². The molecule has 1 rings (SSSR count). The molecule has 0 aliphatic carbocycles. The van der Waals surface area contributed by atoms with E-state index in [0.717, 1.165) is 17.0 Å². The van der Waals surface area contributed by atoms with E-state index < -0.39 is 0 Å². The van der Waals surface area contributed by atoms with Gasteiger partial charge in [-0.15, -0.1) is 0 Å². The molecule has 1 aromatic carbocycles. The highest BCUT2D eigenvalue weighted by molar-refractivity contribution is 6.31. The van der Waals surface area contributed by atoms with Crippen LogP contribution in [0.2, 0.25) is 5.02 Å². The van der Waals surface area contributed by atoms with Crippen molar-refractivity contribution in [3.8, 4) is 0 Å². The van der Waals surface area contributed by atoms with Crippen LogP contribution < -0.4 is 0 Å². The van der Waals surface area contributed by atoms with E-state index in [1.54, 1.807) is 0 Å². The van der Waals surface area contributed by atoms with Gasteiger partial charge < -0.3 is 5.11 Å². The Bertz CT molecular complexity index is 356. The summed E-state index contributed by atoms with van der Waals surface area (Å²) in [6.07, 6.45) is 0.731. The Hall–Kier alpha value is -0.530. The first-order valence-electron chi connectivity index (χ1n) is 5.26. The molecule has 0 radical (unpaired) electrons. The second-order valence-electron chi connectivity index (χ2n) is 4.77. The third kappa shape index (κ3) is 2.73. The fourth-order valence-corrected chi connectivity index (χ4v) is 2.19. The molecule has 1 aromatic rings. The number of hydrogen-bond donors (Lipinski definition) is 1. The first-order valence-corrected chi connectivity index (χ1v) is 5.64. The predicted molar refractivity (Wildman–Crippen MR) is 65.7 cm³/mol. The quantitative estimate of drug-likeness (QED) is 0.835. The standard InChI is InChI=1S/C13H19ClO/c1-9-7-11(12(14)8-10(9)2)13(3,4)5-6-15/h7-8,15H,5-6H2,1-4H3. The molecule has 0 aliphatic rings. The maximum absolute atomic E-state index is 9.03. The molecule has 0 aliphatic heterocycles. The summed E-state index contributed by atoms with van der Waals surface area (Å²) in [6.45, 7) is 8.56. The van der Waals surface area contributed by atoms with Gasteiger partial charge in [-0.3, -0.25) is 0 Å². The van der Waals surface area contributed by atoms with Crippen LogP contribution in [0.25, 0.3) is 0 Å². The van der Waals surface area contributed by atoms with E-state index in [1.807, 2.05) is 6.07 Å². The van der Waals surface area contributed by atoms with Crippen LogP contribution in [0, 0.1) is 13.8 Å². The summed E-state index contributed by atoms with van der Waals surface area (Å²) in [7, 11) is 0. The van der Waals surface area contributed by atoms with Gasteiger partial charge in [0.05, 0.1) is 0 Å². The number of benzene rings is 1. The van der Waals surface area contributed by atoms with E-state index in [1.165, 1.54) is 11.1 Å². The van der Waals surface area contributed by atoms with Crippen molar-refractivity contribution in [1.82, 2.24) is 0 Å². The van der Waals surface area contributed by atoms with E-state index >= 15 is 0 Å². The largest absolute Gasteiger partial charge is 0.396 e. The zero-order chi connectivity index (χ0) is 11.6. The summed E-state index contributed by atoms with van der Waals surface area (Å²) in [5, 5.41) is 9.84. The molecule has 0 saturated heterocycles. The van der Waals surface area contributed by atoms with Gasteiger partial charge in [0.15, 0.2) is 0 Å². The van der Waals surface area contributed by atoms with Crippen LogP contribution in [-0.2, 0) is 5.41 Å². The molecule has 0 atom stereocenters. The molecular formula is C13H19ClO. The summed E-state index contributed by atoms with van der Waals surface area (Å²) < 4.78 is 0. The zero-order valence-corrected chi connectivity index (χ0v) is 10.7. The van der Waals surface area contributed by atoms with Gasteiger partial charge in [-0.1, -0.05) is 31.5 Å². The van der Waals surface area contributed by atoms with Gasteiger partial charge in [0.2, 0.25) is 0 Å². The average molecular weight is 227 g/mol. The fourth-order valence-electron chi connectivity index (χ4n) is 1.71. The molecule has 2 heteroatoms. The Balaban J connectivity index is 3.19. The summed E-state index contributed by atoms with van der Waals surface area (Å²) in [6, 6.07) is 4.14. The van der Waals surface area contributed by atoms with Gasteiger partial charge in [-0.2, -0.15) is 0 Å². The van der Waals surface area contributed by atoms with Gasteiger partial charge in [0.1, 0.15) is 0 Å². The molecule has 0 fully saturated rings. The molecule has 0 spiro atoms. The Kier molecular flexibility index (Phi) is 3.80. The molecule has 0 bridgehead atoms. The van der Waals surface area contributed by atoms with E-state index in [2.05, 4.69) is 33.8 Å². The lowest BCUT2D eigenvalue weighted by molar-refractivity contribution is 0.252. The number of aliphatic hydroxyl groups is 1. The van der Waals surface area contributed by atoms with Crippen molar-refractivity contribution in [2.75, 3.05) is 6.61 Å². The summed E-state index contributed by atoms with van der Waals surface area (Å²) in [4.78, 5) is 0. The SMILES string of the molecule is Cc1cc(Cl)c(C(C)(C)CCO)cc1C. The molecule has 0 aromatic heterocycles. The monoisotopic (exact) mass is 226 g/mol. The maximum atomic E-state index is 9.03. The lowest BCUT2D eigenvalue weighted by atomic mass is 9.80. The van der Waals surface area contributed by atoms with Gasteiger partial charge >= 0.3 is 0 Å². The summed E-state index contributed by atoms with van der Waals surface area (Å²) in [5.41, 5.74) is 3.52.